The molecular weight excluding hydrogens is 341 g/mol. The fourth-order valence-corrected chi connectivity index (χ4v) is 4.66. The van der Waals surface area contributed by atoms with E-state index in [1.54, 1.807) is 5.10 Å². The Kier molecular flexibility index (Phi) is 3.38. The van der Waals surface area contributed by atoms with E-state index in [4.69, 9.17) is 10.8 Å². The number of aromatic nitrogens is 3. The first-order valence-corrected chi connectivity index (χ1v) is 7.35. The number of nitrogens with two attached hydrogens (primary N) is 1. The number of halogens is 3. The Balaban J connectivity index is 1.80. The summed E-state index contributed by atoms with van der Waals surface area (Å²) in [7, 11) is 0. The summed E-state index contributed by atoms with van der Waals surface area (Å²) < 4.78 is 37.4. The number of carboxylic acid groups (broad SMARTS) is 2. The van der Waals surface area contributed by atoms with Crippen LogP contribution in [0.4, 0.5) is 13.2 Å². The highest BCUT2D eigenvalue weighted by atomic mass is 32.2. The van der Waals surface area contributed by atoms with E-state index in [1.165, 1.54) is 0 Å². The van der Waals surface area contributed by atoms with Crippen molar-refractivity contribution in [3.05, 3.63) is 5.82 Å². The summed E-state index contributed by atoms with van der Waals surface area (Å²) >= 11 is 0.819. The molecule has 2 unspecified atom stereocenters. The number of hydrogen-bond acceptors (Lipinski definition) is 6. The van der Waals surface area contributed by atoms with Crippen LogP contribution in [0.25, 0.3) is 0 Å². The van der Waals surface area contributed by atoms with Gasteiger partial charge in [-0.15, -0.1) is 5.10 Å². The molecule has 2 fully saturated rings. The number of carboxylic acids is 2. The van der Waals surface area contributed by atoms with Crippen molar-refractivity contribution in [1.82, 2.24) is 15.2 Å². The predicted molar refractivity (Wildman–Crippen MR) is 68.3 cm³/mol. The number of aliphatic carboxylic acids is 2. The molecule has 5 atom stereocenters. The number of fused-ring (bicyclic) bond motifs is 1. The van der Waals surface area contributed by atoms with Gasteiger partial charge in [0.2, 0.25) is 11.0 Å². The van der Waals surface area contributed by atoms with Crippen molar-refractivity contribution in [1.29, 1.82) is 0 Å². The van der Waals surface area contributed by atoms with Gasteiger partial charge in [-0.25, -0.2) is 0 Å². The van der Waals surface area contributed by atoms with Crippen molar-refractivity contribution in [3.63, 3.8) is 0 Å². The van der Waals surface area contributed by atoms with E-state index in [0.29, 0.717) is 0 Å². The predicted octanol–water partition coefficient (Wildman–Crippen LogP) is 0.417. The van der Waals surface area contributed by atoms with Crippen molar-refractivity contribution in [3.8, 4) is 0 Å². The van der Waals surface area contributed by atoms with Gasteiger partial charge in [0.1, 0.15) is 5.54 Å². The summed E-state index contributed by atoms with van der Waals surface area (Å²) in [6.07, 6.45) is -4.73. The molecule has 0 amide bonds. The molecule has 3 rings (SSSR count). The average molecular weight is 352 g/mol. The number of hydrogen-bond donors (Lipinski definition) is 4. The highest BCUT2D eigenvalue weighted by Gasteiger charge is 2.74. The van der Waals surface area contributed by atoms with Crippen molar-refractivity contribution in [2.45, 2.75) is 28.5 Å². The zero-order valence-corrected chi connectivity index (χ0v) is 12.1. The quantitative estimate of drug-likeness (QED) is 0.610. The van der Waals surface area contributed by atoms with E-state index in [-0.39, 0.29) is 11.6 Å². The fourth-order valence-electron chi connectivity index (χ4n) is 3.30. The van der Waals surface area contributed by atoms with Crippen molar-refractivity contribution >= 4 is 23.7 Å². The number of alkyl halides is 3. The first-order chi connectivity index (χ1) is 10.6. The maximum atomic E-state index is 12.5. The molecule has 0 bridgehead atoms. The molecule has 126 valence electrons. The van der Waals surface area contributed by atoms with E-state index < -0.39 is 52.5 Å². The maximum absolute atomic E-state index is 12.5. The third-order valence-corrected chi connectivity index (χ3v) is 5.49. The van der Waals surface area contributed by atoms with Crippen LogP contribution in [0.3, 0.4) is 0 Å². The Hall–Kier alpha value is -1.82. The second-order valence-electron chi connectivity index (χ2n) is 5.64. The van der Waals surface area contributed by atoms with Gasteiger partial charge >= 0.3 is 18.1 Å². The lowest BCUT2D eigenvalue weighted by molar-refractivity contribution is -0.146. The molecule has 0 saturated heterocycles. The van der Waals surface area contributed by atoms with E-state index in [1.807, 2.05) is 0 Å². The molecule has 0 aliphatic heterocycles. The summed E-state index contributed by atoms with van der Waals surface area (Å²) in [5.41, 5.74) is 4.13. The third-order valence-electron chi connectivity index (χ3n) is 4.31. The molecule has 2 aliphatic rings. The van der Waals surface area contributed by atoms with Gasteiger partial charge in [-0.2, -0.15) is 18.2 Å². The second-order valence-corrected chi connectivity index (χ2v) is 6.84. The normalized spacial score (nSPS) is 35.8. The van der Waals surface area contributed by atoms with Crippen LogP contribution in [-0.4, -0.2) is 48.1 Å². The van der Waals surface area contributed by atoms with E-state index in [0.717, 1.165) is 11.8 Å². The van der Waals surface area contributed by atoms with Gasteiger partial charge in [0.15, 0.2) is 0 Å². The lowest BCUT2D eigenvalue weighted by Gasteiger charge is -2.23. The van der Waals surface area contributed by atoms with Gasteiger partial charge in [-0.3, -0.25) is 14.7 Å². The molecule has 0 aromatic carbocycles. The third kappa shape index (κ3) is 2.45. The highest BCUT2D eigenvalue weighted by molar-refractivity contribution is 7.99. The summed E-state index contributed by atoms with van der Waals surface area (Å²) in [5.74, 6) is -5.92. The van der Waals surface area contributed by atoms with Crippen LogP contribution in [-0.2, 0) is 15.8 Å². The second kappa shape index (κ2) is 4.84. The van der Waals surface area contributed by atoms with Crippen LogP contribution < -0.4 is 5.73 Å². The van der Waals surface area contributed by atoms with E-state index >= 15 is 0 Å². The molecule has 1 heterocycles. The maximum Gasteiger partial charge on any atom is 0.451 e. The van der Waals surface area contributed by atoms with Gasteiger partial charge < -0.3 is 15.9 Å². The molecule has 8 nitrogen and oxygen atoms in total. The minimum atomic E-state index is -4.67. The largest absolute Gasteiger partial charge is 0.481 e. The smallest absolute Gasteiger partial charge is 0.451 e. The number of nitrogens with one attached hydrogen (secondary N) is 1. The van der Waals surface area contributed by atoms with Crippen LogP contribution in [0, 0.1) is 17.8 Å². The molecule has 2 saturated carbocycles. The van der Waals surface area contributed by atoms with Crippen molar-refractivity contribution in [2.75, 3.05) is 0 Å². The molecule has 12 heteroatoms. The van der Waals surface area contributed by atoms with Crippen LogP contribution in [0.5, 0.6) is 0 Å². The Morgan fingerprint density at radius 3 is 2.52 bits per heavy atom. The number of thioether (sulfide) groups is 1. The molecule has 0 spiro atoms. The van der Waals surface area contributed by atoms with Crippen molar-refractivity contribution < 1.29 is 33.0 Å². The highest BCUT2D eigenvalue weighted by Crippen LogP contribution is 2.65. The zero-order chi connectivity index (χ0) is 17.2. The first kappa shape index (κ1) is 16.1. The molecular formula is C11H11F3N4O4S. The zero-order valence-electron chi connectivity index (χ0n) is 11.2. The summed E-state index contributed by atoms with van der Waals surface area (Å²) in [4.78, 5) is 25.8. The van der Waals surface area contributed by atoms with Crippen LogP contribution in [0.15, 0.2) is 5.16 Å². The molecule has 5 N–H and O–H groups in total. The molecule has 1 aromatic rings. The molecule has 2 aliphatic carbocycles. The molecule has 23 heavy (non-hydrogen) atoms. The lowest BCUT2D eigenvalue weighted by Crippen LogP contribution is -2.50. The SMILES string of the molecule is N[C@@]1(C(=O)O)C[C@H](Sc2n[nH]c(C(F)(F)F)n2)C2C1[C@H]2C(=O)O. The van der Waals surface area contributed by atoms with Crippen LogP contribution in [0.2, 0.25) is 0 Å². The topological polar surface area (TPSA) is 142 Å². The number of rotatable bonds is 4. The Labute approximate surface area is 130 Å². The Morgan fingerprint density at radius 1 is 1.39 bits per heavy atom. The first-order valence-electron chi connectivity index (χ1n) is 6.47. The lowest BCUT2D eigenvalue weighted by atomic mass is 9.91. The van der Waals surface area contributed by atoms with Crippen LogP contribution in [0.1, 0.15) is 12.2 Å². The number of H-pyrrole nitrogens is 1. The van der Waals surface area contributed by atoms with Crippen LogP contribution >= 0.6 is 11.8 Å². The Morgan fingerprint density at radius 2 is 2.04 bits per heavy atom. The van der Waals surface area contributed by atoms with Crippen molar-refractivity contribution in [2.24, 2.45) is 23.5 Å². The summed E-state index contributed by atoms with van der Waals surface area (Å²) in [6, 6.07) is 0. The van der Waals surface area contributed by atoms with Gasteiger partial charge in [0.05, 0.1) is 5.92 Å². The fraction of sp³-hybridized carbons (Fsp3) is 0.636. The monoisotopic (exact) mass is 352 g/mol. The van der Waals surface area contributed by atoms with Gasteiger partial charge in [-0.1, -0.05) is 11.8 Å². The minimum absolute atomic E-state index is 0.0536. The van der Waals surface area contributed by atoms with E-state index in [2.05, 4.69) is 10.1 Å². The minimum Gasteiger partial charge on any atom is -0.481 e. The molecule has 1 aromatic heterocycles. The summed E-state index contributed by atoms with van der Waals surface area (Å²) in [5, 5.41) is 22.8. The van der Waals surface area contributed by atoms with Gasteiger partial charge in [0.25, 0.3) is 0 Å². The van der Waals surface area contributed by atoms with E-state index in [9.17, 15) is 27.9 Å². The average Bonchev–Trinajstić information content (AvgIpc) is 2.88. The summed E-state index contributed by atoms with van der Waals surface area (Å²) in [6.45, 7) is 0. The molecule has 0 radical (unpaired) electrons. The standard InChI is InChI=1S/C11H11F3N4O4S/c12-11(13,14)7-16-9(18-17-7)23-2-1-10(15,8(21)22)5-3(2)4(5)6(19)20/h2-5H,1,15H2,(H,19,20)(H,21,22)(H,16,17,18)/t2-,3?,4-,5?,10-/m0/s1. The Bertz CT molecular complexity index is 680. The van der Waals surface area contributed by atoms with Gasteiger partial charge in [0, 0.05) is 11.2 Å². The number of aromatic amines is 1. The number of carbonyl (C=O) groups is 2. The van der Waals surface area contributed by atoms with Gasteiger partial charge in [-0.05, 0) is 12.3 Å². The number of nitrogens with zero attached hydrogens (tertiary/aromatic N) is 2.